The van der Waals surface area contributed by atoms with Crippen LogP contribution >= 0.6 is 27.3 Å². The van der Waals surface area contributed by atoms with Gasteiger partial charge in [0.2, 0.25) is 0 Å². The van der Waals surface area contributed by atoms with Gasteiger partial charge in [-0.2, -0.15) is 0 Å². The lowest BCUT2D eigenvalue weighted by molar-refractivity contribution is 0.188. The Morgan fingerprint density at radius 3 is 2.67 bits per heavy atom. The predicted molar refractivity (Wildman–Crippen MR) is 67.3 cm³/mol. The highest BCUT2D eigenvalue weighted by molar-refractivity contribution is 9.11. The van der Waals surface area contributed by atoms with Gasteiger partial charge in [0.15, 0.2) is 0 Å². The van der Waals surface area contributed by atoms with Crippen molar-refractivity contribution in [2.75, 3.05) is 19.7 Å². The summed E-state index contributed by atoms with van der Waals surface area (Å²) in [5.41, 5.74) is 0. The van der Waals surface area contributed by atoms with Gasteiger partial charge in [0.1, 0.15) is 0 Å². The molecular weight excluding hydrogens is 274 g/mol. The molecule has 2 nitrogen and oxygen atoms in total. The third-order valence-electron chi connectivity index (χ3n) is 2.91. The summed E-state index contributed by atoms with van der Waals surface area (Å²) >= 11 is 5.28. The normalized spacial score (nSPS) is 19.6. The Balaban J connectivity index is 2.11. The zero-order valence-electron chi connectivity index (χ0n) is 8.66. The third kappa shape index (κ3) is 2.81. The van der Waals surface area contributed by atoms with E-state index in [-0.39, 0.29) is 6.61 Å². The fourth-order valence-corrected chi connectivity index (χ4v) is 3.78. The van der Waals surface area contributed by atoms with Crippen LogP contribution < -0.4 is 0 Å². The van der Waals surface area contributed by atoms with Crippen LogP contribution in [0.25, 0.3) is 0 Å². The first-order valence-electron chi connectivity index (χ1n) is 5.41. The maximum absolute atomic E-state index is 9.13. The molecule has 1 aromatic heterocycles. The van der Waals surface area contributed by atoms with E-state index in [1.807, 2.05) is 0 Å². The molecule has 0 amide bonds. The van der Waals surface area contributed by atoms with Gasteiger partial charge >= 0.3 is 0 Å². The van der Waals surface area contributed by atoms with E-state index >= 15 is 0 Å². The third-order valence-corrected chi connectivity index (χ3v) is 4.63. The molecule has 1 atom stereocenters. The van der Waals surface area contributed by atoms with E-state index in [1.54, 1.807) is 11.3 Å². The molecule has 0 bridgehead atoms. The topological polar surface area (TPSA) is 23.5 Å². The van der Waals surface area contributed by atoms with Crippen LogP contribution in [0.3, 0.4) is 0 Å². The fraction of sp³-hybridized carbons (Fsp3) is 0.636. The van der Waals surface area contributed by atoms with Crippen LogP contribution in [0.4, 0.5) is 0 Å². The smallest absolute Gasteiger partial charge is 0.0701 e. The molecule has 1 N–H and O–H groups in total. The maximum atomic E-state index is 9.13. The molecule has 0 aromatic carbocycles. The predicted octanol–water partition coefficient (Wildman–Crippen LogP) is 3.03. The molecule has 1 aliphatic rings. The van der Waals surface area contributed by atoms with Gasteiger partial charge in [-0.1, -0.05) is 0 Å². The number of hydrogen-bond acceptors (Lipinski definition) is 3. The summed E-state index contributed by atoms with van der Waals surface area (Å²) in [5, 5.41) is 9.13. The van der Waals surface area contributed by atoms with Gasteiger partial charge in [0.25, 0.3) is 0 Å². The van der Waals surface area contributed by atoms with Crippen molar-refractivity contribution in [3.05, 3.63) is 20.8 Å². The minimum atomic E-state index is 0.274. The molecule has 0 saturated carbocycles. The zero-order valence-corrected chi connectivity index (χ0v) is 11.1. The first-order valence-corrected chi connectivity index (χ1v) is 7.02. The summed E-state index contributed by atoms with van der Waals surface area (Å²) in [6.07, 6.45) is 3.45. The summed E-state index contributed by atoms with van der Waals surface area (Å²) in [7, 11) is 0. The molecule has 0 spiro atoms. The van der Waals surface area contributed by atoms with E-state index in [9.17, 15) is 0 Å². The number of nitrogens with zero attached hydrogens (tertiary/aromatic N) is 1. The van der Waals surface area contributed by atoms with E-state index < -0.39 is 0 Å². The van der Waals surface area contributed by atoms with Crippen LogP contribution in [-0.4, -0.2) is 29.7 Å². The molecule has 15 heavy (non-hydrogen) atoms. The Morgan fingerprint density at radius 1 is 1.40 bits per heavy atom. The number of hydrogen-bond donors (Lipinski definition) is 1. The van der Waals surface area contributed by atoms with Crippen LogP contribution in [0.15, 0.2) is 15.9 Å². The van der Waals surface area contributed by atoms with Gasteiger partial charge in [-0.3, -0.25) is 4.90 Å². The monoisotopic (exact) mass is 289 g/mol. The lowest BCUT2D eigenvalue weighted by Gasteiger charge is -2.25. The average Bonchev–Trinajstić information content (AvgIpc) is 2.85. The van der Waals surface area contributed by atoms with Gasteiger partial charge < -0.3 is 5.11 Å². The molecule has 4 heteroatoms. The van der Waals surface area contributed by atoms with Crippen LogP contribution in [0.2, 0.25) is 0 Å². The van der Waals surface area contributed by atoms with E-state index in [0.29, 0.717) is 6.04 Å². The van der Waals surface area contributed by atoms with Crippen molar-refractivity contribution in [1.29, 1.82) is 0 Å². The van der Waals surface area contributed by atoms with Gasteiger partial charge in [0, 0.05) is 17.5 Å². The second-order valence-corrected chi connectivity index (χ2v) is 6.41. The number of rotatable bonds is 4. The van der Waals surface area contributed by atoms with Crippen molar-refractivity contribution >= 4 is 27.3 Å². The molecule has 1 aromatic rings. The maximum Gasteiger partial charge on any atom is 0.0701 e. The molecule has 0 aliphatic carbocycles. The first kappa shape index (κ1) is 11.6. The molecule has 84 valence electrons. The number of aliphatic hydroxyl groups is 1. The molecule has 1 aliphatic heterocycles. The van der Waals surface area contributed by atoms with Gasteiger partial charge in [-0.15, -0.1) is 11.3 Å². The highest BCUT2D eigenvalue weighted by Gasteiger charge is 2.23. The Hall–Kier alpha value is 0.1000. The largest absolute Gasteiger partial charge is 0.396 e. The zero-order chi connectivity index (χ0) is 10.7. The second kappa shape index (κ2) is 5.43. The summed E-state index contributed by atoms with van der Waals surface area (Å²) in [6, 6.07) is 4.70. The molecule has 2 rings (SSSR count). The van der Waals surface area contributed by atoms with Crippen LogP contribution in [0, 0.1) is 0 Å². The molecule has 2 heterocycles. The van der Waals surface area contributed by atoms with Crippen LogP contribution in [0.1, 0.15) is 30.2 Å². The molecule has 1 unspecified atom stereocenters. The number of thiophene rings is 1. The highest BCUT2D eigenvalue weighted by Crippen LogP contribution is 2.34. The highest BCUT2D eigenvalue weighted by atomic mass is 79.9. The minimum absolute atomic E-state index is 0.274. The van der Waals surface area contributed by atoms with Gasteiger partial charge in [0.05, 0.1) is 3.79 Å². The minimum Gasteiger partial charge on any atom is -0.396 e. The van der Waals surface area contributed by atoms with Crippen molar-refractivity contribution < 1.29 is 5.11 Å². The molecule has 0 radical (unpaired) electrons. The second-order valence-electron chi connectivity index (χ2n) is 3.91. The quantitative estimate of drug-likeness (QED) is 0.921. The standard InChI is InChI=1S/C11H16BrNOS/c12-11-4-3-10(15-11)9(5-8-14)13-6-1-2-7-13/h3-4,9,14H,1-2,5-8H2. The summed E-state index contributed by atoms with van der Waals surface area (Å²) in [5.74, 6) is 0. The van der Waals surface area contributed by atoms with Crippen molar-refractivity contribution in [2.45, 2.75) is 25.3 Å². The van der Waals surface area contributed by atoms with E-state index in [1.165, 1.54) is 34.6 Å². The number of halogens is 1. The SMILES string of the molecule is OCCC(c1ccc(Br)s1)N1CCCC1. The fourth-order valence-electron chi connectivity index (χ4n) is 2.19. The molecule has 1 saturated heterocycles. The van der Waals surface area contributed by atoms with E-state index in [4.69, 9.17) is 5.11 Å². The summed E-state index contributed by atoms with van der Waals surface area (Å²) < 4.78 is 1.18. The van der Waals surface area contributed by atoms with Crippen LogP contribution in [0.5, 0.6) is 0 Å². The van der Waals surface area contributed by atoms with Gasteiger partial charge in [-0.25, -0.2) is 0 Å². The van der Waals surface area contributed by atoms with Crippen molar-refractivity contribution in [2.24, 2.45) is 0 Å². The summed E-state index contributed by atoms with van der Waals surface area (Å²) in [4.78, 5) is 3.87. The average molecular weight is 290 g/mol. The van der Waals surface area contributed by atoms with E-state index in [0.717, 1.165) is 6.42 Å². The Kier molecular flexibility index (Phi) is 4.20. The molecule has 1 fully saturated rings. The Bertz CT molecular complexity index is 309. The van der Waals surface area contributed by atoms with Crippen molar-refractivity contribution in [3.8, 4) is 0 Å². The lowest BCUT2D eigenvalue weighted by atomic mass is 10.1. The molecular formula is C11H16BrNOS. The van der Waals surface area contributed by atoms with Crippen molar-refractivity contribution in [1.82, 2.24) is 4.90 Å². The Labute approximate surface area is 103 Å². The van der Waals surface area contributed by atoms with E-state index in [2.05, 4.69) is 33.0 Å². The van der Waals surface area contributed by atoms with Crippen LogP contribution in [-0.2, 0) is 0 Å². The van der Waals surface area contributed by atoms with Crippen molar-refractivity contribution in [3.63, 3.8) is 0 Å². The number of aliphatic hydroxyl groups excluding tert-OH is 1. The Morgan fingerprint density at radius 2 is 2.13 bits per heavy atom. The number of likely N-dealkylation sites (tertiary alicyclic amines) is 1. The lowest BCUT2D eigenvalue weighted by Crippen LogP contribution is -2.25. The summed E-state index contributed by atoms with van der Waals surface area (Å²) in [6.45, 7) is 2.64. The first-order chi connectivity index (χ1) is 7.31. The van der Waals surface area contributed by atoms with Gasteiger partial charge in [-0.05, 0) is 60.4 Å².